The molecule has 0 atom stereocenters. The van der Waals surface area contributed by atoms with Gasteiger partial charge in [0, 0.05) is 18.4 Å². The number of nitro benzene ring substituents is 1. The van der Waals surface area contributed by atoms with Crippen molar-refractivity contribution in [2.75, 3.05) is 18.7 Å². The lowest BCUT2D eigenvalue weighted by Gasteiger charge is -2.11. The normalized spacial score (nSPS) is 10.9. The molecule has 0 radical (unpaired) electrons. The molecule has 0 aliphatic carbocycles. The van der Waals surface area contributed by atoms with Gasteiger partial charge in [0.1, 0.15) is 5.75 Å². The van der Waals surface area contributed by atoms with Gasteiger partial charge in [0.15, 0.2) is 9.84 Å². The summed E-state index contributed by atoms with van der Waals surface area (Å²) in [6.07, 6.45) is 0.993. The molecule has 0 unspecified atom stereocenters. The van der Waals surface area contributed by atoms with Crippen LogP contribution in [-0.4, -0.2) is 32.6 Å². The Bertz CT molecular complexity index is 908. The Morgan fingerprint density at radius 1 is 1.21 bits per heavy atom. The quantitative estimate of drug-likeness (QED) is 0.653. The summed E-state index contributed by atoms with van der Waals surface area (Å²) >= 11 is 0. The number of nitrogens with one attached hydrogen (secondary N) is 1. The average Bonchev–Trinajstić information content (AvgIpc) is 2.53. The summed E-state index contributed by atoms with van der Waals surface area (Å²) in [6, 6.07) is 9.41. The van der Waals surface area contributed by atoms with Gasteiger partial charge >= 0.3 is 0 Å². The maximum absolute atomic E-state index is 12.4. The Morgan fingerprint density at radius 3 is 2.46 bits per heavy atom. The number of non-ortho nitro benzene ring substituents is 1. The number of benzene rings is 2. The summed E-state index contributed by atoms with van der Waals surface area (Å²) in [5, 5.41) is 13.3. The molecule has 2 aromatic carbocycles. The van der Waals surface area contributed by atoms with Crippen molar-refractivity contribution in [1.82, 2.24) is 0 Å². The van der Waals surface area contributed by atoms with Crippen LogP contribution < -0.4 is 10.1 Å². The Balaban J connectivity index is 2.44. The standard InChI is InChI=1S/C15H14N2O6S/c1-23-13-8-7-10(17(19)20)9-12(13)16-15(18)11-5-3-4-6-14(11)24(2,21)22/h3-9H,1-2H3,(H,16,18). The third-order valence-corrected chi connectivity index (χ3v) is 4.33. The second-order valence-corrected chi connectivity index (χ2v) is 6.85. The first-order valence-corrected chi connectivity index (χ1v) is 8.56. The third-order valence-electron chi connectivity index (χ3n) is 3.17. The number of hydrogen-bond acceptors (Lipinski definition) is 6. The topological polar surface area (TPSA) is 116 Å². The molecule has 2 aromatic rings. The maximum Gasteiger partial charge on any atom is 0.271 e. The van der Waals surface area contributed by atoms with Crippen molar-refractivity contribution in [3.05, 3.63) is 58.1 Å². The third kappa shape index (κ3) is 3.69. The first-order valence-electron chi connectivity index (χ1n) is 6.67. The predicted molar refractivity (Wildman–Crippen MR) is 87.2 cm³/mol. The van der Waals surface area contributed by atoms with Gasteiger partial charge in [-0.3, -0.25) is 14.9 Å². The van der Waals surface area contributed by atoms with E-state index in [0.717, 1.165) is 12.3 Å². The minimum absolute atomic E-state index is 0.0615. The van der Waals surface area contributed by atoms with Crippen LogP contribution in [0.5, 0.6) is 5.75 Å². The van der Waals surface area contributed by atoms with Gasteiger partial charge in [0.25, 0.3) is 11.6 Å². The van der Waals surface area contributed by atoms with E-state index in [4.69, 9.17) is 4.74 Å². The summed E-state index contributed by atoms with van der Waals surface area (Å²) in [4.78, 5) is 22.6. The molecule has 0 bridgehead atoms. The van der Waals surface area contributed by atoms with E-state index in [1.165, 1.54) is 43.5 Å². The van der Waals surface area contributed by atoms with Gasteiger partial charge in [-0.25, -0.2) is 8.42 Å². The highest BCUT2D eigenvalue weighted by Gasteiger charge is 2.20. The van der Waals surface area contributed by atoms with E-state index in [2.05, 4.69) is 5.32 Å². The molecule has 126 valence electrons. The molecule has 1 amide bonds. The minimum atomic E-state index is -3.61. The van der Waals surface area contributed by atoms with Crippen molar-refractivity contribution >= 4 is 27.1 Å². The number of amides is 1. The summed E-state index contributed by atoms with van der Waals surface area (Å²) in [7, 11) is -2.26. The lowest BCUT2D eigenvalue weighted by molar-refractivity contribution is -0.384. The van der Waals surface area contributed by atoms with Crippen LogP contribution in [0.15, 0.2) is 47.4 Å². The number of rotatable bonds is 5. The highest BCUT2D eigenvalue weighted by atomic mass is 32.2. The lowest BCUT2D eigenvalue weighted by Crippen LogP contribution is -2.16. The molecule has 0 aromatic heterocycles. The summed E-state index contributed by atoms with van der Waals surface area (Å²) in [5.74, 6) is -0.499. The van der Waals surface area contributed by atoms with E-state index < -0.39 is 20.7 Å². The Hall–Kier alpha value is -2.94. The van der Waals surface area contributed by atoms with Crippen molar-refractivity contribution in [3.63, 3.8) is 0 Å². The number of hydrogen-bond donors (Lipinski definition) is 1. The van der Waals surface area contributed by atoms with Crippen molar-refractivity contribution in [1.29, 1.82) is 0 Å². The molecule has 0 spiro atoms. The molecule has 0 aliphatic heterocycles. The first-order chi connectivity index (χ1) is 11.2. The van der Waals surface area contributed by atoms with Crippen LogP contribution in [0.3, 0.4) is 0 Å². The van der Waals surface area contributed by atoms with E-state index in [0.29, 0.717) is 0 Å². The van der Waals surface area contributed by atoms with Gasteiger partial charge < -0.3 is 10.1 Å². The van der Waals surface area contributed by atoms with Gasteiger partial charge in [-0.2, -0.15) is 0 Å². The Morgan fingerprint density at radius 2 is 1.88 bits per heavy atom. The number of nitro groups is 1. The van der Waals surface area contributed by atoms with Crippen LogP contribution in [0.2, 0.25) is 0 Å². The van der Waals surface area contributed by atoms with Crippen molar-refractivity contribution in [3.8, 4) is 5.75 Å². The average molecular weight is 350 g/mol. The van der Waals surface area contributed by atoms with E-state index in [1.807, 2.05) is 0 Å². The Labute approximate surface area is 138 Å². The van der Waals surface area contributed by atoms with Crippen molar-refractivity contribution in [2.24, 2.45) is 0 Å². The highest BCUT2D eigenvalue weighted by Crippen LogP contribution is 2.29. The van der Waals surface area contributed by atoms with Gasteiger partial charge in [-0.05, 0) is 18.2 Å². The van der Waals surface area contributed by atoms with Crippen LogP contribution in [0.25, 0.3) is 0 Å². The van der Waals surface area contributed by atoms with E-state index in [9.17, 15) is 23.3 Å². The monoisotopic (exact) mass is 350 g/mol. The second-order valence-electron chi connectivity index (χ2n) is 4.86. The summed E-state index contributed by atoms with van der Waals surface area (Å²) in [5.41, 5.74) is -0.226. The number of sulfone groups is 1. The molecule has 1 N–H and O–H groups in total. The van der Waals surface area contributed by atoms with Gasteiger partial charge in [0.05, 0.1) is 28.2 Å². The molecule has 0 saturated carbocycles. The molecule has 0 aliphatic rings. The number of carbonyl (C=O) groups is 1. The molecule has 0 fully saturated rings. The van der Waals surface area contributed by atoms with Crippen LogP contribution in [0.1, 0.15) is 10.4 Å². The molecule has 0 heterocycles. The molecule has 2 rings (SSSR count). The van der Waals surface area contributed by atoms with Gasteiger partial charge in [-0.15, -0.1) is 0 Å². The SMILES string of the molecule is COc1ccc([N+](=O)[O-])cc1NC(=O)c1ccccc1S(C)(=O)=O. The highest BCUT2D eigenvalue weighted by molar-refractivity contribution is 7.90. The zero-order chi connectivity index (χ0) is 17.9. The van der Waals surface area contributed by atoms with Crippen molar-refractivity contribution < 1.29 is 22.9 Å². The van der Waals surface area contributed by atoms with Crippen LogP contribution in [0, 0.1) is 10.1 Å². The fourth-order valence-corrected chi connectivity index (χ4v) is 2.96. The lowest BCUT2D eigenvalue weighted by atomic mass is 10.2. The molecule has 0 saturated heterocycles. The summed E-state index contributed by atoms with van der Waals surface area (Å²) < 4.78 is 28.6. The molecular weight excluding hydrogens is 336 g/mol. The number of carbonyl (C=O) groups excluding carboxylic acids is 1. The van der Waals surface area contributed by atoms with E-state index in [1.54, 1.807) is 0 Å². The molecule has 9 heteroatoms. The number of anilines is 1. The second kappa shape index (κ2) is 6.67. The predicted octanol–water partition coefficient (Wildman–Crippen LogP) is 2.26. The molecule has 8 nitrogen and oxygen atoms in total. The smallest absolute Gasteiger partial charge is 0.271 e. The van der Waals surface area contributed by atoms with Crippen LogP contribution in [-0.2, 0) is 9.84 Å². The van der Waals surface area contributed by atoms with Crippen LogP contribution >= 0.6 is 0 Å². The first kappa shape index (κ1) is 17.4. The Kier molecular flexibility index (Phi) is 4.84. The van der Waals surface area contributed by atoms with Crippen LogP contribution in [0.4, 0.5) is 11.4 Å². The zero-order valence-corrected chi connectivity index (χ0v) is 13.7. The van der Waals surface area contributed by atoms with Crippen molar-refractivity contribution in [2.45, 2.75) is 4.90 Å². The fourth-order valence-electron chi connectivity index (χ4n) is 2.07. The largest absolute Gasteiger partial charge is 0.495 e. The van der Waals surface area contributed by atoms with Gasteiger partial charge in [-0.1, -0.05) is 12.1 Å². The molecular formula is C15H14N2O6S. The number of ether oxygens (including phenoxy) is 1. The number of nitrogens with zero attached hydrogens (tertiary/aromatic N) is 1. The fraction of sp³-hybridized carbons (Fsp3) is 0.133. The van der Waals surface area contributed by atoms with E-state index in [-0.39, 0.29) is 27.6 Å². The van der Waals surface area contributed by atoms with E-state index >= 15 is 0 Å². The zero-order valence-electron chi connectivity index (χ0n) is 12.8. The van der Waals surface area contributed by atoms with Gasteiger partial charge in [0.2, 0.25) is 0 Å². The number of methoxy groups -OCH3 is 1. The molecule has 24 heavy (non-hydrogen) atoms. The maximum atomic E-state index is 12.4. The summed E-state index contributed by atoms with van der Waals surface area (Å²) in [6.45, 7) is 0. The minimum Gasteiger partial charge on any atom is -0.495 e.